The van der Waals surface area contributed by atoms with Crippen molar-refractivity contribution in [3.63, 3.8) is 0 Å². The number of fused-ring (bicyclic) bond motifs is 2. The van der Waals surface area contributed by atoms with Crippen molar-refractivity contribution in [3.8, 4) is 11.5 Å². The number of hydrogen-bond donors (Lipinski definition) is 0. The summed E-state index contributed by atoms with van der Waals surface area (Å²) >= 11 is 0. The van der Waals surface area contributed by atoms with Gasteiger partial charge in [-0.3, -0.25) is 19.7 Å². The Labute approximate surface area is 163 Å². The first-order valence-corrected chi connectivity index (χ1v) is 8.80. The highest BCUT2D eigenvalue weighted by Gasteiger charge is 2.56. The fourth-order valence-corrected chi connectivity index (χ4v) is 3.60. The van der Waals surface area contributed by atoms with Crippen LogP contribution in [0.5, 0.6) is 11.5 Å². The lowest BCUT2D eigenvalue weighted by Crippen LogP contribution is -2.33. The van der Waals surface area contributed by atoms with Gasteiger partial charge in [-0.05, 0) is 24.3 Å². The van der Waals surface area contributed by atoms with Crippen molar-refractivity contribution < 1.29 is 28.8 Å². The molecule has 0 aromatic heterocycles. The van der Waals surface area contributed by atoms with Gasteiger partial charge in [0.25, 0.3) is 11.6 Å². The van der Waals surface area contributed by atoms with Gasteiger partial charge in [0, 0.05) is 23.8 Å². The van der Waals surface area contributed by atoms with Crippen LogP contribution >= 0.6 is 0 Å². The predicted octanol–water partition coefficient (Wildman–Crippen LogP) is 1.66. The summed E-state index contributed by atoms with van der Waals surface area (Å²) in [6.07, 6.45) is -1.07. The first-order valence-electron chi connectivity index (χ1n) is 8.80. The molecule has 0 radical (unpaired) electrons. The number of ether oxygens (including phenoxy) is 2. The first-order chi connectivity index (χ1) is 14.0. The molecule has 0 spiro atoms. The molecule has 0 unspecified atom stereocenters. The Bertz CT molecular complexity index is 1080. The second-order valence-electron chi connectivity index (χ2n) is 6.62. The molecule has 0 bridgehead atoms. The van der Waals surface area contributed by atoms with E-state index in [1.165, 1.54) is 24.3 Å². The Kier molecular flexibility index (Phi) is 3.73. The van der Waals surface area contributed by atoms with E-state index in [9.17, 15) is 19.7 Å². The molecule has 2 aromatic rings. The van der Waals surface area contributed by atoms with E-state index in [2.05, 4.69) is 5.16 Å². The topological polar surface area (TPSA) is 121 Å². The summed E-state index contributed by atoms with van der Waals surface area (Å²) in [5.74, 6) is -0.930. The zero-order valence-electron chi connectivity index (χ0n) is 14.8. The smallest absolute Gasteiger partial charge is 0.278 e. The minimum Gasteiger partial charge on any atom is -0.486 e. The Morgan fingerprint density at radius 3 is 2.45 bits per heavy atom. The van der Waals surface area contributed by atoms with Crippen LogP contribution in [0.1, 0.15) is 5.56 Å². The van der Waals surface area contributed by atoms with E-state index < -0.39 is 28.8 Å². The Morgan fingerprint density at radius 2 is 1.72 bits per heavy atom. The highest BCUT2D eigenvalue weighted by atomic mass is 16.7. The van der Waals surface area contributed by atoms with Gasteiger partial charge < -0.3 is 14.3 Å². The van der Waals surface area contributed by atoms with Crippen molar-refractivity contribution in [2.24, 2.45) is 11.1 Å². The maximum atomic E-state index is 13.1. The number of benzene rings is 2. The summed E-state index contributed by atoms with van der Waals surface area (Å²) in [6, 6.07) is 10.4. The average Bonchev–Trinajstić information content (AvgIpc) is 3.28. The molecule has 0 saturated carbocycles. The third-order valence-electron chi connectivity index (χ3n) is 4.97. The van der Waals surface area contributed by atoms with Crippen molar-refractivity contribution >= 4 is 28.9 Å². The SMILES string of the molecule is O=C1[C@@H]2C(c3ccc([N+](=O)[O-])cc3)=NO[C@H]2C(=O)N1c1ccc2c(c1)OCCO2. The van der Waals surface area contributed by atoms with Gasteiger partial charge in [0.1, 0.15) is 24.8 Å². The summed E-state index contributed by atoms with van der Waals surface area (Å²) in [5, 5.41) is 14.7. The lowest BCUT2D eigenvalue weighted by atomic mass is 9.94. The lowest BCUT2D eigenvalue weighted by Gasteiger charge is -2.21. The molecule has 0 N–H and O–H groups in total. The molecule has 10 heteroatoms. The van der Waals surface area contributed by atoms with Crippen LogP contribution in [0.2, 0.25) is 0 Å². The fourth-order valence-electron chi connectivity index (χ4n) is 3.60. The molecule has 2 atom stereocenters. The molecule has 3 aliphatic rings. The van der Waals surface area contributed by atoms with E-state index >= 15 is 0 Å². The molecule has 5 rings (SSSR count). The molecule has 1 fully saturated rings. The maximum Gasteiger partial charge on any atom is 0.278 e. The van der Waals surface area contributed by atoms with E-state index in [0.717, 1.165) is 4.90 Å². The van der Waals surface area contributed by atoms with Gasteiger partial charge >= 0.3 is 0 Å². The maximum absolute atomic E-state index is 13.1. The number of imide groups is 1. The van der Waals surface area contributed by atoms with Crippen molar-refractivity contribution in [1.29, 1.82) is 0 Å². The summed E-state index contributed by atoms with van der Waals surface area (Å²) < 4.78 is 11.0. The van der Waals surface area contributed by atoms with Crippen LogP contribution < -0.4 is 14.4 Å². The van der Waals surface area contributed by atoms with Crippen molar-refractivity contribution in [2.75, 3.05) is 18.1 Å². The van der Waals surface area contributed by atoms with Crippen molar-refractivity contribution in [1.82, 2.24) is 0 Å². The summed E-state index contributed by atoms with van der Waals surface area (Å²) in [7, 11) is 0. The lowest BCUT2D eigenvalue weighted by molar-refractivity contribution is -0.384. The van der Waals surface area contributed by atoms with Crippen molar-refractivity contribution in [3.05, 3.63) is 58.1 Å². The zero-order valence-corrected chi connectivity index (χ0v) is 14.8. The predicted molar refractivity (Wildman–Crippen MR) is 97.9 cm³/mol. The van der Waals surface area contributed by atoms with Crippen LogP contribution in [0.25, 0.3) is 0 Å². The zero-order chi connectivity index (χ0) is 20.1. The van der Waals surface area contributed by atoms with Crippen LogP contribution in [-0.4, -0.2) is 41.8 Å². The normalized spacial score (nSPS) is 22.2. The number of nitrogens with zero attached hydrogens (tertiary/aromatic N) is 3. The number of rotatable bonds is 3. The number of nitro groups is 1. The van der Waals surface area contributed by atoms with Gasteiger partial charge in [0.2, 0.25) is 12.0 Å². The van der Waals surface area contributed by atoms with E-state index in [-0.39, 0.29) is 11.4 Å². The third kappa shape index (κ3) is 2.60. The molecule has 10 nitrogen and oxygen atoms in total. The Hall–Kier alpha value is -3.95. The molecule has 3 heterocycles. The van der Waals surface area contributed by atoms with Crippen LogP contribution in [0.3, 0.4) is 0 Å². The Morgan fingerprint density at radius 1 is 1.00 bits per heavy atom. The largest absolute Gasteiger partial charge is 0.486 e. The molecular weight excluding hydrogens is 382 g/mol. The first kappa shape index (κ1) is 17.2. The minimum absolute atomic E-state index is 0.0865. The molecule has 146 valence electrons. The summed E-state index contributed by atoms with van der Waals surface area (Å²) in [5.41, 5.74) is 1.01. The average molecular weight is 395 g/mol. The molecule has 2 aromatic carbocycles. The highest BCUT2D eigenvalue weighted by Crippen LogP contribution is 2.39. The van der Waals surface area contributed by atoms with Crippen molar-refractivity contribution in [2.45, 2.75) is 6.10 Å². The standard InChI is InChI=1S/C19H13N3O7/c23-18-15-16(10-1-3-11(4-2-10)22(25)26)20-29-17(15)19(24)21(18)12-5-6-13-14(9-12)28-8-7-27-13/h1-6,9,15,17H,7-8H2/t15-,17-/m1/s1. The number of carbonyl (C=O) groups excluding carboxylic acids is 2. The van der Waals surface area contributed by atoms with Crippen LogP contribution in [0.15, 0.2) is 47.6 Å². The Balaban J connectivity index is 1.46. The fraction of sp³-hybridized carbons (Fsp3) is 0.211. The van der Waals surface area contributed by atoms with E-state index in [1.54, 1.807) is 18.2 Å². The van der Waals surface area contributed by atoms with E-state index in [1.807, 2.05) is 0 Å². The molecule has 0 aliphatic carbocycles. The van der Waals surface area contributed by atoms with E-state index in [4.69, 9.17) is 14.3 Å². The van der Waals surface area contributed by atoms with Gasteiger partial charge in [-0.1, -0.05) is 5.16 Å². The van der Waals surface area contributed by atoms with Gasteiger partial charge in [0.05, 0.1) is 10.6 Å². The van der Waals surface area contributed by atoms with Gasteiger partial charge in [-0.15, -0.1) is 0 Å². The number of hydrogen-bond acceptors (Lipinski definition) is 8. The molecular formula is C19H13N3O7. The van der Waals surface area contributed by atoms with Gasteiger partial charge in [-0.2, -0.15) is 0 Å². The third-order valence-corrected chi connectivity index (χ3v) is 4.97. The highest BCUT2D eigenvalue weighted by molar-refractivity contribution is 6.32. The molecule has 1 saturated heterocycles. The van der Waals surface area contributed by atoms with E-state index in [0.29, 0.717) is 36.0 Å². The number of carbonyl (C=O) groups is 2. The number of nitro benzene ring substituents is 1. The monoisotopic (exact) mass is 395 g/mol. The quantitative estimate of drug-likeness (QED) is 0.440. The second kappa shape index (κ2) is 6.30. The minimum atomic E-state index is -1.07. The van der Waals surface area contributed by atoms with Gasteiger partial charge in [0.15, 0.2) is 11.5 Å². The molecule has 3 aliphatic heterocycles. The van der Waals surface area contributed by atoms with Gasteiger partial charge in [-0.25, -0.2) is 4.90 Å². The van der Waals surface area contributed by atoms with Crippen LogP contribution in [0.4, 0.5) is 11.4 Å². The molecule has 2 amide bonds. The summed E-state index contributed by atoms with van der Waals surface area (Å²) in [6.45, 7) is 0.810. The number of anilines is 1. The molecule has 29 heavy (non-hydrogen) atoms. The van der Waals surface area contributed by atoms with Crippen LogP contribution in [0, 0.1) is 16.0 Å². The summed E-state index contributed by atoms with van der Waals surface area (Å²) in [4.78, 5) is 42.5. The number of amides is 2. The number of oxime groups is 1. The van der Waals surface area contributed by atoms with Crippen LogP contribution in [-0.2, 0) is 14.4 Å². The second-order valence-corrected chi connectivity index (χ2v) is 6.62. The number of non-ortho nitro benzene ring substituents is 1.